The van der Waals surface area contributed by atoms with Crippen molar-refractivity contribution in [2.75, 3.05) is 19.0 Å². The summed E-state index contributed by atoms with van der Waals surface area (Å²) in [7, 11) is 1.70. The predicted molar refractivity (Wildman–Crippen MR) is 75.2 cm³/mol. The van der Waals surface area contributed by atoms with Crippen LogP contribution in [0.25, 0.3) is 11.1 Å². The highest BCUT2D eigenvalue weighted by molar-refractivity contribution is 5.81. The third-order valence-electron chi connectivity index (χ3n) is 3.48. The van der Waals surface area contributed by atoms with Crippen LogP contribution in [0.2, 0.25) is 0 Å². The highest BCUT2D eigenvalue weighted by atomic mass is 16.5. The summed E-state index contributed by atoms with van der Waals surface area (Å²) in [6.45, 7) is 1.07. The van der Waals surface area contributed by atoms with E-state index in [2.05, 4.69) is 35.6 Å². The second-order valence-electron chi connectivity index (χ2n) is 4.60. The average molecular weight is 239 g/mol. The van der Waals surface area contributed by atoms with E-state index >= 15 is 0 Å². The predicted octanol–water partition coefficient (Wildman–Crippen LogP) is 3.72. The molecular formula is C16H17NO. The molecule has 1 heterocycles. The minimum Gasteiger partial charge on any atom is -0.497 e. The van der Waals surface area contributed by atoms with Crippen molar-refractivity contribution in [3.63, 3.8) is 0 Å². The van der Waals surface area contributed by atoms with Crippen LogP contribution in [0.15, 0.2) is 42.5 Å². The molecule has 3 rings (SSSR count). The Balaban J connectivity index is 2.05. The normalized spacial score (nSPS) is 13.6. The first kappa shape index (κ1) is 11.1. The van der Waals surface area contributed by atoms with Gasteiger partial charge in [-0.1, -0.05) is 30.3 Å². The largest absolute Gasteiger partial charge is 0.497 e. The van der Waals surface area contributed by atoms with Gasteiger partial charge in [0.15, 0.2) is 0 Å². The first-order chi connectivity index (χ1) is 8.88. The number of anilines is 1. The summed E-state index contributed by atoms with van der Waals surface area (Å²) in [5.41, 5.74) is 5.25. The van der Waals surface area contributed by atoms with Gasteiger partial charge in [0.1, 0.15) is 5.75 Å². The maximum atomic E-state index is 5.20. The topological polar surface area (TPSA) is 21.3 Å². The molecule has 0 fully saturated rings. The zero-order valence-corrected chi connectivity index (χ0v) is 10.6. The molecule has 0 bridgehead atoms. The van der Waals surface area contributed by atoms with Gasteiger partial charge < -0.3 is 10.1 Å². The van der Waals surface area contributed by atoms with Crippen molar-refractivity contribution in [3.05, 3.63) is 48.0 Å². The van der Waals surface area contributed by atoms with E-state index in [1.807, 2.05) is 12.1 Å². The third kappa shape index (κ3) is 1.94. The lowest BCUT2D eigenvalue weighted by Crippen LogP contribution is -2.12. The molecule has 0 saturated heterocycles. The number of ether oxygens (including phenoxy) is 1. The fourth-order valence-corrected chi connectivity index (χ4v) is 2.52. The highest BCUT2D eigenvalue weighted by Crippen LogP contribution is 2.34. The molecule has 18 heavy (non-hydrogen) atoms. The Hall–Kier alpha value is -1.96. The Morgan fingerprint density at radius 3 is 2.67 bits per heavy atom. The average Bonchev–Trinajstić information content (AvgIpc) is 2.47. The summed E-state index contributed by atoms with van der Waals surface area (Å²) >= 11 is 0. The zero-order valence-electron chi connectivity index (χ0n) is 10.6. The van der Waals surface area contributed by atoms with Crippen LogP contribution < -0.4 is 10.1 Å². The van der Waals surface area contributed by atoms with Crippen molar-refractivity contribution in [1.29, 1.82) is 0 Å². The summed E-state index contributed by atoms with van der Waals surface area (Å²) < 4.78 is 5.20. The number of para-hydroxylation sites is 1. The second-order valence-corrected chi connectivity index (χ2v) is 4.60. The standard InChI is InChI=1S/C16H17NO/c1-18-14-9-7-12(8-10-14)15-6-2-4-13-5-3-11-17-16(13)15/h2,4,6-10,17H,3,5,11H2,1H3. The summed E-state index contributed by atoms with van der Waals surface area (Å²) in [6, 6.07) is 14.8. The molecule has 92 valence electrons. The fourth-order valence-electron chi connectivity index (χ4n) is 2.52. The van der Waals surface area contributed by atoms with Crippen molar-refractivity contribution in [3.8, 4) is 16.9 Å². The van der Waals surface area contributed by atoms with E-state index in [9.17, 15) is 0 Å². The van der Waals surface area contributed by atoms with Gasteiger partial charge in [-0.15, -0.1) is 0 Å². The van der Waals surface area contributed by atoms with Crippen LogP contribution in [-0.2, 0) is 6.42 Å². The maximum absolute atomic E-state index is 5.20. The molecule has 2 aromatic carbocycles. The Kier molecular flexibility index (Phi) is 2.93. The number of fused-ring (bicyclic) bond motifs is 1. The first-order valence-electron chi connectivity index (χ1n) is 6.38. The number of hydrogen-bond donors (Lipinski definition) is 1. The molecule has 0 radical (unpaired) electrons. The number of benzene rings is 2. The van der Waals surface area contributed by atoms with E-state index in [0.717, 1.165) is 12.3 Å². The van der Waals surface area contributed by atoms with Gasteiger partial charge in [0.05, 0.1) is 7.11 Å². The molecule has 0 aliphatic carbocycles. The first-order valence-corrected chi connectivity index (χ1v) is 6.38. The number of methoxy groups -OCH3 is 1. The highest BCUT2D eigenvalue weighted by Gasteiger charge is 2.13. The quantitative estimate of drug-likeness (QED) is 0.862. The van der Waals surface area contributed by atoms with Crippen LogP contribution in [0.3, 0.4) is 0 Å². The molecule has 0 amide bonds. The van der Waals surface area contributed by atoms with E-state index in [1.54, 1.807) is 7.11 Å². The Bertz CT molecular complexity index is 546. The summed E-state index contributed by atoms with van der Waals surface area (Å²) in [5, 5.41) is 3.53. The van der Waals surface area contributed by atoms with Crippen molar-refractivity contribution in [1.82, 2.24) is 0 Å². The summed E-state index contributed by atoms with van der Waals surface area (Å²) in [6.07, 6.45) is 2.39. The van der Waals surface area contributed by atoms with E-state index in [1.165, 1.54) is 35.2 Å². The lowest BCUT2D eigenvalue weighted by atomic mass is 9.95. The van der Waals surface area contributed by atoms with Gasteiger partial charge in [-0.25, -0.2) is 0 Å². The Morgan fingerprint density at radius 2 is 1.89 bits per heavy atom. The zero-order chi connectivity index (χ0) is 12.4. The molecule has 1 aliphatic heterocycles. The lowest BCUT2D eigenvalue weighted by molar-refractivity contribution is 0.415. The SMILES string of the molecule is COc1ccc(-c2cccc3c2NCCC3)cc1. The molecule has 0 atom stereocenters. The number of hydrogen-bond acceptors (Lipinski definition) is 2. The van der Waals surface area contributed by atoms with Crippen LogP contribution >= 0.6 is 0 Å². The number of nitrogens with one attached hydrogen (secondary N) is 1. The van der Waals surface area contributed by atoms with Gasteiger partial charge in [-0.2, -0.15) is 0 Å². The molecule has 2 nitrogen and oxygen atoms in total. The molecule has 2 heteroatoms. The van der Waals surface area contributed by atoms with Crippen molar-refractivity contribution >= 4 is 5.69 Å². The minimum absolute atomic E-state index is 0.900. The summed E-state index contributed by atoms with van der Waals surface area (Å²) in [5.74, 6) is 0.900. The fraction of sp³-hybridized carbons (Fsp3) is 0.250. The lowest BCUT2D eigenvalue weighted by Gasteiger charge is -2.21. The van der Waals surface area contributed by atoms with Gasteiger partial charge in [-0.05, 0) is 36.1 Å². The van der Waals surface area contributed by atoms with Gasteiger partial charge in [0.25, 0.3) is 0 Å². The molecule has 0 aromatic heterocycles. The molecule has 1 N–H and O–H groups in total. The smallest absolute Gasteiger partial charge is 0.118 e. The van der Waals surface area contributed by atoms with Crippen molar-refractivity contribution in [2.45, 2.75) is 12.8 Å². The second kappa shape index (κ2) is 4.73. The van der Waals surface area contributed by atoms with Crippen LogP contribution in [0, 0.1) is 0 Å². The maximum Gasteiger partial charge on any atom is 0.118 e. The van der Waals surface area contributed by atoms with Crippen molar-refractivity contribution in [2.24, 2.45) is 0 Å². The van der Waals surface area contributed by atoms with Gasteiger partial charge >= 0.3 is 0 Å². The van der Waals surface area contributed by atoms with Crippen LogP contribution in [-0.4, -0.2) is 13.7 Å². The molecule has 0 saturated carbocycles. The Morgan fingerprint density at radius 1 is 1.06 bits per heavy atom. The van der Waals surface area contributed by atoms with Gasteiger partial charge in [0, 0.05) is 17.8 Å². The molecular weight excluding hydrogens is 222 g/mol. The van der Waals surface area contributed by atoms with E-state index < -0.39 is 0 Å². The van der Waals surface area contributed by atoms with Crippen LogP contribution in [0.5, 0.6) is 5.75 Å². The van der Waals surface area contributed by atoms with Crippen LogP contribution in [0.4, 0.5) is 5.69 Å². The molecule has 2 aromatic rings. The minimum atomic E-state index is 0.900. The van der Waals surface area contributed by atoms with Crippen molar-refractivity contribution < 1.29 is 4.74 Å². The van der Waals surface area contributed by atoms with Crippen LogP contribution in [0.1, 0.15) is 12.0 Å². The van der Waals surface area contributed by atoms with E-state index in [4.69, 9.17) is 4.74 Å². The molecule has 0 spiro atoms. The third-order valence-corrected chi connectivity index (χ3v) is 3.48. The van der Waals surface area contributed by atoms with E-state index in [-0.39, 0.29) is 0 Å². The Labute approximate surface area is 108 Å². The number of aryl methyl sites for hydroxylation is 1. The molecule has 0 unspecified atom stereocenters. The summed E-state index contributed by atoms with van der Waals surface area (Å²) in [4.78, 5) is 0. The monoisotopic (exact) mass is 239 g/mol. The number of rotatable bonds is 2. The van der Waals surface area contributed by atoms with Gasteiger partial charge in [0.2, 0.25) is 0 Å². The van der Waals surface area contributed by atoms with Gasteiger partial charge in [-0.3, -0.25) is 0 Å². The van der Waals surface area contributed by atoms with E-state index in [0.29, 0.717) is 0 Å². The molecule has 1 aliphatic rings.